The Bertz CT molecular complexity index is 664. The molecule has 124 valence electrons. The standard InChI is InChI=1S/C16H22N4O2S/c1-11-18-14(20-22-11)9-17-15(21)19-13-7-5-6-12(8-13)10-23-16(2,3)4/h5-8H,9-10H2,1-4H3,(H2,17,19,21). The summed E-state index contributed by atoms with van der Waals surface area (Å²) in [7, 11) is 0. The maximum Gasteiger partial charge on any atom is 0.319 e. The minimum absolute atomic E-state index is 0.212. The smallest absolute Gasteiger partial charge is 0.319 e. The molecule has 0 aliphatic rings. The molecule has 2 rings (SSSR count). The van der Waals surface area contributed by atoms with Gasteiger partial charge in [-0.3, -0.25) is 0 Å². The highest BCUT2D eigenvalue weighted by molar-refractivity contribution is 7.99. The van der Waals surface area contributed by atoms with Gasteiger partial charge in [-0.1, -0.05) is 38.1 Å². The number of carbonyl (C=O) groups is 1. The molecule has 0 unspecified atom stereocenters. The van der Waals surface area contributed by atoms with Crippen LogP contribution in [0.2, 0.25) is 0 Å². The van der Waals surface area contributed by atoms with Crippen LogP contribution in [0.25, 0.3) is 0 Å². The first-order chi connectivity index (χ1) is 10.8. The lowest BCUT2D eigenvalue weighted by atomic mass is 10.2. The normalized spacial score (nSPS) is 11.3. The Labute approximate surface area is 140 Å². The van der Waals surface area contributed by atoms with Crippen molar-refractivity contribution < 1.29 is 9.32 Å². The predicted molar refractivity (Wildman–Crippen MR) is 92.4 cm³/mol. The van der Waals surface area contributed by atoms with E-state index in [-0.39, 0.29) is 17.3 Å². The van der Waals surface area contributed by atoms with Gasteiger partial charge in [-0.15, -0.1) is 0 Å². The van der Waals surface area contributed by atoms with E-state index in [0.29, 0.717) is 11.7 Å². The van der Waals surface area contributed by atoms with Crippen molar-refractivity contribution in [2.24, 2.45) is 0 Å². The van der Waals surface area contributed by atoms with Gasteiger partial charge >= 0.3 is 6.03 Å². The molecule has 0 bridgehead atoms. The molecule has 0 spiro atoms. The first-order valence-electron chi connectivity index (χ1n) is 7.39. The maximum atomic E-state index is 11.9. The molecule has 6 nitrogen and oxygen atoms in total. The third-order valence-corrected chi connectivity index (χ3v) is 4.18. The third kappa shape index (κ3) is 6.32. The summed E-state index contributed by atoms with van der Waals surface area (Å²) >= 11 is 1.87. The average Bonchev–Trinajstić information content (AvgIpc) is 2.88. The summed E-state index contributed by atoms with van der Waals surface area (Å²) in [6, 6.07) is 7.55. The molecule has 2 amide bonds. The van der Waals surface area contributed by atoms with Crippen LogP contribution in [-0.4, -0.2) is 20.9 Å². The maximum absolute atomic E-state index is 11.9. The quantitative estimate of drug-likeness (QED) is 0.871. The Hall–Kier alpha value is -2.02. The summed E-state index contributed by atoms with van der Waals surface area (Å²) in [6.45, 7) is 8.49. The molecule has 0 aliphatic heterocycles. The molecule has 1 aromatic carbocycles. The number of amides is 2. The molecule has 7 heteroatoms. The first kappa shape index (κ1) is 17.3. The van der Waals surface area contributed by atoms with Crippen LogP contribution in [0.15, 0.2) is 28.8 Å². The van der Waals surface area contributed by atoms with Crippen LogP contribution in [0.4, 0.5) is 10.5 Å². The number of aryl methyl sites for hydroxylation is 1. The Morgan fingerprint density at radius 3 is 2.78 bits per heavy atom. The fourth-order valence-electron chi connectivity index (χ4n) is 1.79. The Morgan fingerprint density at radius 2 is 2.13 bits per heavy atom. The van der Waals surface area contributed by atoms with Crippen molar-refractivity contribution >= 4 is 23.5 Å². The van der Waals surface area contributed by atoms with Crippen molar-refractivity contribution in [2.45, 2.75) is 44.7 Å². The number of anilines is 1. The van der Waals surface area contributed by atoms with Gasteiger partial charge in [0.15, 0.2) is 5.82 Å². The highest BCUT2D eigenvalue weighted by atomic mass is 32.2. The van der Waals surface area contributed by atoms with E-state index in [1.165, 1.54) is 5.56 Å². The van der Waals surface area contributed by atoms with Gasteiger partial charge in [0.2, 0.25) is 5.89 Å². The van der Waals surface area contributed by atoms with Crippen LogP contribution >= 0.6 is 11.8 Å². The van der Waals surface area contributed by atoms with E-state index in [1.807, 2.05) is 30.0 Å². The summed E-state index contributed by atoms with van der Waals surface area (Å²) in [4.78, 5) is 15.9. The van der Waals surface area contributed by atoms with Gasteiger partial charge in [0.25, 0.3) is 0 Å². The summed E-state index contributed by atoms with van der Waals surface area (Å²) in [5.41, 5.74) is 1.94. The van der Waals surface area contributed by atoms with Crippen LogP contribution in [0.3, 0.4) is 0 Å². The number of benzene rings is 1. The highest BCUT2D eigenvalue weighted by Crippen LogP contribution is 2.27. The molecule has 1 heterocycles. The van der Waals surface area contributed by atoms with Crippen molar-refractivity contribution in [1.29, 1.82) is 0 Å². The largest absolute Gasteiger partial charge is 0.340 e. The van der Waals surface area contributed by atoms with Gasteiger partial charge in [0.1, 0.15) is 0 Å². The van der Waals surface area contributed by atoms with Crippen molar-refractivity contribution in [1.82, 2.24) is 15.5 Å². The molecule has 0 atom stereocenters. The summed E-state index contributed by atoms with van der Waals surface area (Å²) in [6.07, 6.45) is 0. The first-order valence-corrected chi connectivity index (χ1v) is 8.37. The third-order valence-electron chi connectivity index (χ3n) is 2.83. The van der Waals surface area contributed by atoms with E-state index in [1.54, 1.807) is 6.92 Å². The van der Waals surface area contributed by atoms with Crippen LogP contribution in [-0.2, 0) is 12.3 Å². The highest BCUT2D eigenvalue weighted by Gasteiger charge is 2.11. The number of carbonyl (C=O) groups excluding carboxylic acids is 1. The van der Waals surface area contributed by atoms with Crippen molar-refractivity contribution in [3.05, 3.63) is 41.5 Å². The van der Waals surface area contributed by atoms with E-state index in [4.69, 9.17) is 4.52 Å². The van der Waals surface area contributed by atoms with Gasteiger partial charge in [-0.05, 0) is 17.7 Å². The average molecular weight is 334 g/mol. The second kappa shape index (κ2) is 7.50. The zero-order chi connectivity index (χ0) is 16.9. The van der Waals surface area contributed by atoms with Gasteiger partial charge in [-0.25, -0.2) is 4.79 Å². The monoisotopic (exact) mass is 334 g/mol. The summed E-state index contributed by atoms with van der Waals surface area (Å²) in [5, 5.41) is 9.23. The Kier molecular flexibility index (Phi) is 5.65. The second-order valence-electron chi connectivity index (χ2n) is 6.14. The van der Waals surface area contributed by atoms with Crippen LogP contribution in [0, 0.1) is 6.92 Å². The fraction of sp³-hybridized carbons (Fsp3) is 0.438. The molecule has 1 aromatic heterocycles. The lowest BCUT2D eigenvalue weighted by Gasteiger charge is -2.17. The Balaban J connectivity index is 1.85. The number of rotatable bonds is 5. The number of nitrogens with one attached hydrogen (secondary N) is 2. The zero-order valence-corrected chi connectivity index (χ0v) is 14.7. The van der Waals surface area contributed by atoms with Crippen molar-refractivity contribution in [2.75, 3.05) is 5.32 Å². The molecule has 0 saturated carbocycles. The van der Waals surface area contributed by atoms with Crippen LogP contribution in [0.1, 0.15) is 38.0 Å². The second-order valence-corrected chi connectivity index (χ2v) is 7.94. The topological polar surface area (TPSA) is 80.0 Å². The minimum Gasteiger partial charge on any atom is -0.340 e. The van der Waals surface area contributed by atoms with Gasteiger partial charge in [-0.2, -0.15) is 16.7 Å². The molecule has 0 saturated heterocycles. The van der Waals surface area contributed by atoms with E-state index in [0.717, 1.165) is 11.4 Å². The summed E-state index contributed by atoms with van der Waals surface area (Å²) in [5.74, 6) is 1.84. The van der Waals surface area contributed by atoms with E-state index >= 15 is 0 Å². The number of nitrogens with zero attached hydrogens (tertiary/aromatic N) is 2. The van der Waals surface area contributed by atoms with E-state index in [9.17, 15) is 4.79 Å². The van der Waals surface area contributed by atoms with Crippen molar-refractivity contribution in [3.8, 4) is 0 Å². The lowest BCUT2D eigenvalue weighted by molar-refractivity contribution is 0.251. The van der Waals surface area contributed by atoms with Crippen LogP contribution < -0.4 is 10.6 Å². The van der Waals surface area contributed by atoms with Crippen LogP contribution in [0.5, 0.6) is 0 Å². The SMILES string of the molecule is Cc1nc(CNC(=O)Nc2cccc(CSC(C)(C)C)c2)no1. The fourth-order valence-corrected chi connectivity index (χ4v) is 2.57. The van der Waals surface area contributed by atoms with Gasteiger partial charge in [0.05, 0.1) is 6.54 Å². The molecule has 0 fully saturated rings. The van der Waals surface area contributed by atoms with E-state index in [2.05, 4.69) is 47.6 Å². The summed E-state index contributed by atoms with van der Waals surface area (Å²) < 4.78 is 5.06. The molecular weight excluding hydrogens is 312 g/mol. The lowest BCUT2D eigenvalue weighted by Crippen LogP contribution is -2.28. The Morgan fingerprint density at radius 1 is 1.35 bits per heavy atom. The molecule has 2 N–H and O–H groups in total. The number of hydrogen-bond donors (Lipinski definition) is 2. The van der Waals surface area contributed by atoms with Gasteiger partial charge in [0, 0.05) is 23.1 Å². The van der Waals surface area contributed by atoms with Gasteiger partial charge < -0.3 is 15.2 Å². The molecule has 0 aliphatic carbocycles. The molecule has 0 radical (unpaired) electrons. The number of hydrogen-bond acceptors (Lipinski definition) is 5. The molecular formula is C16H22N4O2S. The number of urea groups is 1. The van der Waals surface area contributed by atoms with E-state index < -0.39 is 0 Å². The minimum atomic E-state index is -0.298. The number of thioether (sulfide) groups is 1. The molecule has 2 aromatic rings. The molecule has 23 heavy (non-hydrogen) atoms. The number of aromatic nitrogens is 2. The van der Waals surface area contributed by atoms with Crippen molar-refractivity contribution in [3.63, 3.8) is 0 Å². The predicted octanol–water partition coefficient (Wildman–Crippen LogP) is 3.73. The zero-order valence-electron chi connectivity index (χ0n) is 13.8.